The lowest BCUT2D eigenvalue weighted by molar-refractivity contribution is 0.0627. The van der Waals surface area contributed by atoms with Gasteiger partial charge in [-0.1, -0.05) is 30.3 Å². The van der Waals surface area contributed by atoms with Crippen molar-refractivity contribution in [2.45, 2.75) is 6.92 Å². The Kier molecular flexibility index (Phi) is 5.92. The van der Waals surface area contributed by atoms with Crippen molar-refractivity contribution in [2.24, 2.45) is 0 Å². The molecular weight excluding hydrogens is 432 g/mol. The number of ether oxygens (including phenoxy) is 1. The Balaban J connectivity index is 1.48. The van der Waals surface area contributed by atoms with Crippen molar-refractivity contribution in [3.63, 3.8) is 0 Å². The van der Waals surface area contributed by atoms with Gasteiger partial charge in [-0.3, -0.25) is 19.3 Å². The monoisotopic (exact) mass is 450 g/mol. The van der Waals surface area contributed by atoms with Gasteiger partial charge in [0.05, 0.1) is 28.2 Å². The summed E-state index contributed by atoms with van der Waals surface area (Å²) in [5.41, 5.74) is 2.31. The highest BCUT2D eigenvalue weighted by Crippen LogP contribution is 2.24. The molecule has 0 spiro atoms. The fraction of sp³-hybridized carbons (Fsp3) is 0.130. The van der Waals surface area contributed by atoms with Crippen LogP contribution in [0, 0.1) is 6.92 Å². The van der Waals surface area contributed by atoms with Gasteiger partial charge in [-0.25, -0.2) is 4.90 Å². The summed E-state index contributed by atoms with van der Waals surface area (Å²) in [7, 11) is 0. The van der Waals surface area contributed by atoms with E-state index < -0.39 is 0 Å². The Labute approximate surface area is 188 Å². The summed E-state index contributed by atoms with van der Waals surface area (Å²) in [6.45, 7) is 1.93. The zero-order valence-electron chi connectivity index (χ0n) is 16.6. The molecule has 4 rings (SSSR count). The number of hydrogen-bond acceptors (Lipinski definition) is 6. The lowest BCUT2D eigenvalue weighted by atomic mass is 10.1. The topological polar surface area (TPSA) is 66.9 Å². The first-order valence-corrected chi connectivity index (χ1v) is 10.8. The Morgan fingerprint density at radius 3 is 2.35 bits per heavy atom. The predicted octanol–water partition coefficient (Wildman–Crippen LogP) is 4.30. The average Bonchev–Trinajstić information content (AvgIpc) is 3.38. The van der Waals surface area contributed by atoms with Gasteiger partial charge in [-0.15, -0.1) is 11.3 Å². The van der Waals surface area contributed by atoms with Gasteiger partial charge >= 0.3 is 0 Å². The summed E-state index contributed by atoms with van der Waals surface area (Å²) >= 11 is 6.73. The maximum Gasteiger partial charge on any atom is 0.275 e. The highest BCUT2D eigenvalue weighted by Gasteiger charge is 2.35. The fourth-order valence-corrected chi connectivity index (χ4v) is 4.24. The molecule has 6 nitrogen and oxygen atoms in total. The summed E-state index contributed by atoms with van der Waals surface area (Å²) in [5, 5.41) is 1.77. The van der Waals surface area contributed by atoms with E-state index in [9.17, 15) is 14.4 Å². The van der Waals surface area contributed by atoms with E-state index >= 15 is 0 Å². The third-order valence-electron chi connectivity index (χ3n) is 4.80. The van der Waals surface area contributed by atoms with E-state index in [-0.39, 0.29) is 36.0 Å². The molecule has 0 bridgehead atoms. The van der Waals surface area contributed by atoms with Gasteiger partial charge in [0, 0.05) is 0 Å². The number of fused-ring (bicyclic) bond motifs is 1. The second-order valence-electron chi connectivity index (χ2n) is 6.88. The number of carbonyl (C=O) groups is 3. The second-order valence-corrected chi connectivity index (χ2v) is 8.18. The maximum absolute atomic E-state index is 13.1. The number of thiophene rings is 1. The number of anilines is 1. The number of nitrogens with zero attached hydrogens (tertiary/aromatic N) is 2. The molecule has 2 heterocycles. The van der Waals surface area contributed by atoms with Gasteiger partial charge < -0.3 is 4.74 Å². The first-order valence-electron chi connectivity index (χ1n) is 9.54. The van der Waals surface area contributed by atoms with Crippen LogP contribution in [0.4, 0.5) is 5.69 Å². The lowest BCUT2D eigenvalue weighted by Gasteiger charge is -2.23. The zero-order valence-corrected chi connectivity index (χ0v) is 18.2. The molecular formula is C23H18N2O4S2. The van der Waals surface area contributed by atoms with Crippen LogP contribution in [0.25, 0.3) is 0 Å². The number of aryl methyl sites for hydroxylation is 1. The van der Waals surface area contributed by atoms with E-state index in [0.717, 1.165) is 10.5 Å². The van der Waals surface area contributed by atoms with Crippen LogP contribution in [0.3, 0.4) is 0 Å². The molecule has 3 amide bonds. The van der Waals surface area contributed by atoms with Gasteiger partial charge in [0.1, 0.15) is 6.61 Å². The van der Waals surface area contributed by atoms with Crippen LogP contribution >= 0.6 is 23.6 Å². The summed E-state index contributed by atoms with van der Waals surface area (Å²) in [6.07, 6.45) is 0. The summed E-state index contributed by atoms with van der Waals surface area (Å²) in [4.78, 5) is 41.0. The molecule has 0 N–H and O–H groups in total. The van der Waals surface area contributed by atoms with Crippen molar-refractivity contribution in [2.75, 3.05) is 18.1 Å². The Morgan fingerprint density at radius 2 is 1.74 bits per heavy atom. The summed E-state index contributed by atoms with van der Waals surface area (Å²) < 4.78 is 5.67. The molecule has 31 heavy (non-hydrogen) atoms. The van der Waals surface area contributed by atoms with Crippen LogP contribution in [0.15, 0.2) is 66.0 Å². The van der Waals surface area contributed by atoms with Crippen LogP contribution in [0.5, 0.6) is 0 Å². The van der Waals surface area contributed by atoms with Crippen molar-refractivity contribution >= 4 is 52.1 Å². The minimum absolute atomic E-state index is 0.0235. The fourth-order valence-electron chi connectivity index (χ4n) is 3.31. The lowest BCUT2D eigenvalue weighted by Crippen LogP contribution is -2.39. The Morgan fingerprint density at radius 1 is 1.03 bits per heavy atom. The first kappa shape index (κ1) is 20.9. The number of benzene rings is 2. The van der Waals surface area contributed by atoms with E-state index in [0.29, 0.717) is 21.7 Å². The molecule has 0 saturated heterocycles. The van der Waals surface area contributed by atoms with Gasteiger partial charge in [0.2, 0.25) is 0 Å². The van der Waals surface area contributed by atoms with E-state index in [1.807, 2.05) is 30.5 Å². The van der Waals surface area contributed by atoms with Crippen molar-refractivity contribution in [1.29, 1.82) is 0 Å². The summed E-state index contributed by atoms with van der Waals surface area (Å²) in [5.74, 6) is -1.02. The van der Waals surface area contributed by atoms with Crippen LogP contribution in [0.2, 0.25) is 0 Å². The number of imide groups is 1. The van der Waals surface area contributed by atoms with Crippen LogP contribution in [0.1, 0.15) is 36.0 Å². The Hall–Kier alpha value is -3.36. The largest absolute Gasteiger partial charge is 0.468 e. The van der Waals surface area contributed by atoms with Crippen molar-refractivity contribution in [3.8, 4) is 0 Å². The Bertz CT molecular complexity index is 1140. The molecule has 0 aliphatic carbocycles. The zero-order chi connectivity index (χ0) is 22.0. The average molecular weight is 451 g/mol. The van der Waals surface area contributed by atoms with Gasteiger partial charge in [-0.05, 0) is 60.4 Å². The molecule has 1 aromatic heterocycles. The summed E-state index contributed by atoms with van der Waals surface area (Å²) in [6, 6.07) is 17.6. The number of amides is 3. The van der Waals surface area contributed by atoms with Crippen molar-refractivity contribution in [1.82, 2.24) is 4.90 Å². The van der Waals surface area contributed by atoms with Gasteiger partial charge in [-0.2, -0.15) is 0 Å². The van der Waals surface area contributed by atoms with E-state index in [1.165, 1.54) is 16.2 Å². The van der Waals surface area contributed by atoms with Crippen LogP contribution < -0.4 is 4.90 Å². The van der Waals surface area contributed by atoms with Crippen LogP contribution in [-0.4, -0.2) is 40.9 Å². The molecule has 1 aliphatic rings. The van der Waals surface area contributed by atoms with Crippen molar-refractivity contribution in [3.05, 3.63) is 87.6 Å². The third kappa shape index (κ3) is 4.12. The molecule has 8 heteroatoms. The predicted molar refractivity (Wildman–Crippen MR) is 123 cm³/mol. The molecule has 0 atom stereocenters. The van der Waals surface area contributed by atoms with E-state index in [2.05, 4.69) is 0 Å². The first-order chi connectivity index (χ1) is 15.0. The second kappa shape index (κ2) is 8.79. The molecule has 0 fully saturated rings. The highest BCUT2D eigenvalue weighted by molar-refractivity contribution is 7.80. The number of rotatable bonds is 5. The highest BCUT2D eigenvalue weighted by atomic mass is 32.1. The van der Waals surface area contributed by atoms with Crippen molar-refractivity contribution < 1.29 is 19.1 Å². The maximum atomic E-state index is 13.1. The van der Waals surface area contributed by atoms with Crippen LogP contribution in [-0.2, 0) is 4.74 Å². The molecule has 0 saturated carbocycles. The van der Waals surface area contributed by atoms with Gasteiger partial charge in [0.15, 0.2) is 0 Å². The minimum Gasteiger partial charge on any atom is -0.468 e. The SMILES string of the molecule is Cc1cccc(N(C(=O)c2cccs2)C(=S)OCCN2C(=O)c3ccccc3C2=O)c1. The quantitative estimate of drug-likeness (QED) is 0.428. The normalized spacial score (nSPS) is 12.6. The third-order valence-corrected chi connectivity index (χ3v) is 5.95. The van der Waals surface area contributed by atoms with Gasteiger partial charge in [0.25, 0.3) is 22.9 Å². The number of hydrogen-bond donors (Lipinski definition) is 0. The molecule has 1 aliphatic heterocycles. The van der Waals surface area contributed by atoms with E-state index in [4.69, 9.17) is 17.0 Å². The molecule has 3 aromatic rings. The van der Waals surface area contributed by atoms with E-state index in [1.54, 1.807) is 42.5 Å². The molecule has 0 radical (unpaired) electrons. The molecule has 2 aromatic carbocycles. The number of thiocarbonyl (C=S) groups is 1. The molecule has 0 unspecified atom stereocenters. The minimum atomic E-state index is -0.361. The molecule has 156 valence electrons. The smallest absolute Gasteiger partial charge is 0.275 e. The number of carbonyl (C=O) groups excluding carboxylic acids is 3. The standard InChI is InChI=1S/C23H18N2O4S2/c1-15-6-4-7-16(14-15)25(22(28)19-10-5-13-31-19)23(30)29-12-11-24-20(26)17-8-2-3-9-18(17)21(24)27/h2-10,13-14H,11-12H2,1H3.